The molecule has 3 nitrogen and oxygen atoms in total. The van der Waals surface area contributed by atoms with Gasteiger partial charge in [-0.2, -0.15) is 5.26 Å². The second kappa shape index (κ2) is 5.68. The van der Waals surface area contributed by atoms with Crippen LogP contribution in [-0.4, -0.2) is 4.98 Å². The van der Waals surface area contributed by atoms with Crippen molar-refractivity contribution in [2.24, 2.45) is 5.73 Å². The normalized spacial score (nSPS) is 11.8. The molecule has 0 spiro atoms. The SMILES string of the molecule is CCc1ccc(-c2nc(/C(C#N)=C(\C)N)cs2)cc1. The zero-order valence-electron chi connectivity index (χ0n) is 11.0. The van der Waals surface area contributed by atoms with Crippen LogP contribution in [-0.2, 0) is 6.42 Å². The molecule has 0 saturated heterocycles. The highest BCUT2D eigenvalue weighted by atomic mass is 32.1. The molecule has 19 heavy (non-hydrogen) atoms. The number of thiazole rings is 1. The van der Waals surface area contributed by atoms with E-state index in [2.05, 4.69) is 42.2 Å². The van der Waals surface area contributed by atoms with Crippen LogP contribution in [0.2, 0.25) is 0 Å². The van der Waals surface area contributed by atoms with Gasteiger partial charge in [0.25, 0.3) is 0 Å². The van der Waals surface area contributed by atoms with Crippen molar-refractivity contribution in [3.63, 3.8) is 0 Å². The van der Waals surface area contributed by atoms with Gasteiger partial charge < -0.3 is 5.73 Å². The van der Waals surface area contributed by atoms with Crippen LogP contribution in [0.3, 0.4) is 0 Å². The van der Waals surface area contributed by atoms with Gasteiger partial charge in [-0.25, -0.2) is 4.98 Å². The van der Waals surface area contributed by atoms with Crippen LogP contribution >= 0.6 is 11.3 Å². The van der Waals surface area contributed by atoms with Crippen molar-refractivity contribution in [3.05, 3.63) is 46.6 Å². The predicted molar refractivity (Wildman–Crippen MR) is 79.3 cm³/mol. The number of rotatable bonds is 3. The van der Waals surface area contributed by atoms with Crippen molar-refractivity contribution in [3.8, 4) is 16.6 Å². The van der Waals surface area contributed by atoms with Gasteiger partial charge in [0.15, 0.2) is 0 Å². The first-order valence-electron chi connectivity index (χ1n) is 6.07. The second-order valence-electron chi connectivity index (χ2n) is 4.26. The molecule has 2 N–H and O–H groups in total. The maximum Gasteiger partial charge on any atom is 0.124 e. The summed E-state index contributed by atoms with van der Waals surface area (Å²) in [7, 11) is 0. The van der Waals surface area contributed by atoms with Crippen LogP contribution in [0.5, 0.6) is 0 Å². The lowest BCUT2D eigenvalue weighted by Crippen LogP contribution is -1.96. The molecule has 0 radical (unpaired) electrons. The fourth-order valence-corrected chi connectivity index (χ4v) is 2.57. The quantitative estimate of drug-likeness (QED) is 0.866. The Labute approximate surface area is 117 Å². The zero-order chi connectivity index (χ0) is 13.8. The highest BCUT2D eigenvalue weighted by Gasteiger charge is 2.10. The van der Waals surface area contributed by atoms with E-state index in [1.807, 2.05) is 5.38 Å². The van der Waals surface area contributed by atoms with E-state index in [1.54, 1.807) is 6.92 Å². The summed E-state index contributed by atoms with van der Waals surface area (Å²) in [5, 5.41) is 11.9. The molecule has 0 fully saturated rings. The summed E-state index contributed by atoms with van der Waals surface area (Å²) in [6.45, 7) is 3.85. The fourth-order valence-electron chi connectivity index (χ4n) is 1.75. The van der Waals surface area contributed by atoms with E-state index in [9.17, 15) is 0 Å². The van der Waals surface area contributed by atoms with Crippen molar-refractivity contribution in [2.75, 3.05) is 0 Å². The van der Waals surface area contributed by atoms with Crippen LogP contribution < -0.4 is 5.73 Å². The Morgan fingerprint density at radius 3 is 2.58 bits per heavy atom. The first-order chi connectivity index (χ1) is 9.15. The molecule has 0 atom stereocenters. The van der Waals surface area contributed by atoms with E-state index in [4.69, 9.17) is 11.0 Å². The summed E-state index contributed by atoms with van der Waals surface area (Å²) in [6, 6.07) is 10.4. The van der Waals surface area contributed by atoms with E-state index in [1.165, 1.54) is 16.9 Å². The van der Waals surface area contributed by atoms with Crippen LogP contribution in [0.25, 0.3) is 16.1 Å². The van der Waals surface area contributed by atoms with Gasteiger partial charge in [-0.05, 0) is 18.9 Å². The third-order valence-electron chi connectivity index (χ3n) is 2.88. The minimum Gasteiger partial charge on any atom is -0.401 e. The van der Waals surface area contributed by atoms with Crippen LogP contribution in [0, 0.1) is 11.3 Å². The molecule has 0 aliphatic heterocycles. The van der Waals surface area contributed by atoms with Crippen molar-refractivity contribution in [2.45, 2.75) is 20.3 Å². The zero-order valence-corrected chi connectivity index (χ0v) is 11.8. The highest BCUT2D eigenvalue weighted by molar-refractivity contribution is 7.13. The number of nitriles is 1. The standard InChI is InChI=1S/C15H15N3S/c1-3-11-4-6-12(7-5-11)15-18-14(9-19-15)13(8-16)10(2)17/h4-7,9H,3,17H2,1-2H3/b13-10+. The molecule has 0 unspecified atom stereocenters. The van der Waals surface area contributed by atoms with Crippen LogP contribution in [0.4, 0.5) is 0 Å². The maximum absolute atomic E-state index is 9.07. The molecule has 0 aliphatic rings. The number of aromatic nitrogens is 1. The molecule has 96 valence electrons. The highest BCUT2D eigenvalue weighted by Crippen LogP contribution is 2.27. The number of hydrogen-bond donors (Lipinski definition) is 1. The van der Waals surface area contributed by atoms with E-state index in [0.717, 1.165) is 17.0 Å². The Kier molecular flexibility index (Phi) is 3.98. The molecular formula is C15H15N3S. The molecule has 1 aromatic carbocycles. The largest absolute Gasteiger partial charge is 0.401 e. The number of nitrogens with two attached hydrogens (primary N) is 1. The van der Waals surface area contributed by atoms with E-state index >= 15 is 0 Å². The third-order valence-corrected chi connectivity index (χ3v) is 3.77. The Balaban J connectivity index is 2.36. The minimum atomic E-state index is 0.452. The fraction of sp³-hybridized carbons (Fsp3) is 0.200. The van der Waals surface area contributed by atoms with E-state index in [0.29, 0.717) is 17.0 Å². The van der Waals surface area contributed by atoms with Crippen molar-refractivity contribution >= 4 is 16.9 Å². The number of allylic oxidation sites excluding steroid dienone is 2. The summed E-state index contributed by atoms with van der Waals surface area (Å²) >= 11 is 1.53. The molecular weight excluding hydrogens is 254 g/mol. The first kappa shape index (κ1) is 13.3. The number of nitrogens with zero attached hydrogens (tertiary/aromatic N) is 2. The van der Waals surface area contributed by atoms with Crippen LogP contribution in [0.15, 0.2) is 35.3 Å². The summed E-state index contributed by atoms with van der Waals surface area (Å²) in [4.78, 5) is 4.49. The maximum atomic E-state index is 9.07. The number of hydrogen-bond acceptors (Lipinski definition) is 4. The lowest BCUT2D eigenvalue weighted by molar-refractivity contribution is 1.14. The third kappa shape index (κ3) is 2.83. The van der Waals surface area contributed by atoms with Gasteiger partial charge in [-0.3, -0.25) is 0 Å². The summed E-state index contributed by atoms with van der Waals surface area (Å²) < 4.78 is 0. The predicted octanol–water partition coefficient (Wildman–Crippen LogP) is 3.59. The first-order valence-corrected chi connectivity index (χ1v) is 6.95. The van der Waals surface area contributed by atoms with Crippen LogP contribution in [0.1, 0.15) is 25.1 Å². The molecule has 1 heterocycles. The molecule has 0 aliphatic carbocycles. The Morgan fingerprint density at radius 1 is 1.37 bits per heavy atom. The monoisotopic (exact) mass is 269 g/mol. The summed E-state index contributed by atoms with van der Waals surface area (Å²) in [5.41, 5.74) is 9.67. The number of benzene rings is 1. The van der Waals surface area contributed by atoms with Gasteiger partial charge in [0.1, 0.15) is 11.1 Å². The van der Waals surface area contributed by atoms with E-state index < -0.39 is 0 Å². The summed E-state index contributed by atoms with van der Waals surface area (Å²) in [5.74, 6) is 0. The second-order valence-corrected chi connectivity index (χ2v) is 5.12. The van der Waals surface area contributed by atoms with Gasteiger partial charge in [0, 0.05) is 16.6 Å². The van der Waals surface area contributed by atoms with Crippen molar-refractivity contribution in [1.82, 2.24) is 4.98 Å². The molecule has 1 aromatic heterocycles. The minimum absolute atomic E-state index is 0.452. The Morgan fingerprint density at radius 2 is 2.05 bits per heavy atom. The van der Waals surface area contributed by atoms with Gasteiger partial charge in [0.05, 0.1) is 11.3 Å². The van der Waals surface area contributed by atoms with Gasteiger partial charge in [-0.15, -0.1) is 11.3 Å². The molecule has 4 heteroatoms. The smallest absolute Gasteiger partial charge is 0.124 e. The summed E-state index contributed by atoms with van der Waals surface area (Å²) in [6.07, 6.45) is 1.02. The lowest BCUT2D eigenvalue weighted by atomic mass is 10.1. The average molecular weight is 269 g/mol. The molecule has 0 bridgehead atoms. The topological polar surface area (TPSA) is 62.7 Å². The molecule has 0 saturated carbocycles. The van der Waals surface area contributed by atoms with Gasteiger partial charge in [-0.1, -0.05) is 31.2 Å². The average Bonchev–Trinajstić information content (AvgIpc) is 2.89. The molecule has 2 aromatic rings. The number of aryl methyl sites for hydroxylation is 1. The Hall–Kier alpha value is -2.12. The van der Waals surface area contributed by atoms with Crippen molar-refractivity contribution < 1.29 is 0 Å². The molecule has 0 amide bonds. The van der Waals surface area contributed by atoms with E-state index in [-0.39, 0.29) is 0 Å². The van der Waals surface area contributed by atoms with Gasteiger partial charge in [0.2, 0.25) is 0 Å². The van der Waals surface area contributed by atoms with Gasteiger partial charge >= 0.3 is 0 Å². The lowest BCUT2D eigenvalue weighted by Gasteiger charge is -1.99. The van der Waals surface area contributed by atoms with Crippen molar-refractivity contribution in [1.29, 1.82) is 5.26 Å². The Bertz CT molecular complexity index is 641. The molecule has 2 rings (SSSR count).